The number of nitro groups is 1. The molecule has 1 heterocycles. The molecule has 0 unspecified atom stereocenters. The van der Waals surface area contributed by atoms with Crippen molar-refractivity contribution in [1.29, 1.82) is 0 Å². The summed E-state index contributed by atoms with van der Waals surface area (Å²) >= 11 is 0. The van der Waals surface area contributed by atoms with Gasteiger partial charge in [-0.3, -0.25) is 24.8 Å². The van der Waals surface area contributed by atoms with E-state index in [1.165, 1.54) is 0 Å². The molecule has 0 saturated carbocycles. The summed E-state index contributed by atoms with van der Waals surface area (Å²) in [5, 5.41) is 10.7. The molecular weight excluding hydrogens is 339 g/mol. The minimum Gasteiger partial charge on any atom is -0.299 e. The molecule has 0 atom stereocenters. The number of nitrogens with zero attached hydrogens (tertiary/aromatic N) is 3. The van der Waals surface area contributed by atoms with E-state index in [4.69, 9.17) is 0 Å². The van der Waals surface area contributed by atoms with Gasteiger partial charge in [0, 0.05) is 23.5 Å². The van der Waals surface area contributed by atoms with Crippen molar-refractivity contribution in [2.75, 3.05) is 4.90 Å². The number of non-ortho nitro benzene ring substituents is 1. The number of rotatable bonds is 4. The van der Waals surface area contributed by atoms with Crippen LogP contribution in [0.15, 0.2) is 36.4 Å². The lowest BCUT2D eigenvalue weighted by atomic mass is 10.2. The summed E-state index contributed by atoms with van der Waals surface area (Å²) in [5.74, 6) is -2.07. The normalized spacial score (nSPS) is 11.2. The van der Waals surface area contributed by atoms with Gasteiger partial charge < -0.3 is 0 Å². The zero-order valence-electron chi connectivity index (χ0n) is 13.4. The number of aryl methyl sites for hydroxylation is 2. The number of amides is 1. The van der Waals surface area contributed by atoms with Crippen molar-refractivity contribution in [1.82, 2.24) is 4.98 Å². The second kappa shape index (κ2) is 6.88. The third kappa shape index (κ3) is 4.52. The van der Waals surface area contributed by atoms with Crippen LogP contribution in [0.25, 0.3) is 0 Å². The molecule has 2 aromatic rings. The number of carbonyl (C=O) groups excluding carboxylic acids is 1. The van der Waals surface area contributed by atoms with Crippen molar-refractivity contribution in [3.63, 3.8) is 0 Å². The van der Waals surface area contributed by atoms with Gasteiger partial charge >= 0.3 is 12.1 Å². The van der Waals surface area contributed by atoms with E-state index in [1.54, 1.807) is 26.0 Å². The van der Waals surface area contributed by atoms with E-state index in [-0.39, 0.29) is 17.1 Å². The van der Waals surface area contributed by atoms with Gasteiger partial charge in [0.15, 0.2) is 0 Å². The van der Waals surface area contributed by atoms with Gasteiger partial charge in [0.1, 0.15) is 0 Å². The molecule has 0 spiro atoms. The lowest BCUT2D eigenvalue weighted by Gasteiger charge is -2.23. The summed E-state index contributed by atoms with van der Waals surface area (Å²) in [6.45, 7) is 3.05. The Morgan fingerprint density at radius 1 is 1.20 bits per heavy atom. The van der Waals surface area contributed by atoms with Crippen molar-refractivity contribution < 1.29 is 22.9 Å². The molecule has 0 bridgehead atoms. The second-order valence-corrected chi connectivity index (χ2v) is 5.44. The predicted molar refractivity (Wildman–Crippen MR) is 84.1 cm³/mol. The first-order chi connectivity index (χ1) is 11.6. The molecule has 0 N–H and O–H groups in total. The topological polar surface area (TPSA) is 76.3 Å². The van der Waals surface area contributed by atoms with Gasteiger partial charge in [-0.1, -0.05) is 0 Å². The third-order valence-electron chi connectivity index (χ3n) is 3.33. The van der Waals surface area contributed by atoms with Gasteiger partial charge in [-0.15, -0.1) is 0 Å². The highest BCUT2D eigenvalue weighted by atomic mass is 19.4. The van der Waals surface area contributed by atoms with Gasteiger partial charge in [0.25, 0.3) is 5.69 Å². The molecule has 6 nitrogen and oxygen atoms in total. The molecule has 1 aromatic heterocycles. The lowest BCUT2D eigenvalue weighted by Crippen LogP contribution is -2.41. The van der Waals surface area contributed by atoms with E-state index in [0.29, 0.717) is 10.6 Å². The van der Waals surface area contributed by atoms with Crippen LogP contribution >= 0.6 is 0 Å². The quantitative estimate of drug-likeness (QED) is 0.620. The average molecular weight is 353 g/mol. The van der Waals surface area contributed by atoms with Crippen LogP contribution < -0.4 is 4.90 Å². The molecule has 0 aliphatic heterocycles. The molecular formula is C16H14F3N3O3. The van der Waals surface area contributed by atoms with Crippen molar-refractivity contribution in [3.05, 3.63) is 63.5 Å². The number of anilines is 1. The zero-order valence-corrected chi connectivity index (χ0v) is 13.4. The van der Waals surface area contributed by atoms with E-state index < -0.39 is 23.6 Å². The number of aromatic nitrogens is 1. The highest BCUT2D eigenvalue weighted by Crippen LogP contribution is 2.27. The Balaban J connectivity index is 2.42. The molecule has 9 heteroatoms. The van der Waals surface area contributed by atoms with Crippen LogP contribution in [-0.4, -0.2) is 22.0 Å². The number of halogens is 3. The first-order valence-corrected chi connectivity index (χ1v) is 7.15. The smallest absolute Gasteiger partial charge is 0.299 e. The summed E-state index contributed by atoms with van der Waals surface area (Å²) in [6.07, 6.45) is -5.08. The molecule has 0 radical (unpaired) electrons. The Hall–Kier alpha value is -2.97. The van der Waals surface area contributed by atoms with Gasteiger partial charge in [-0.25, -0.2) is 0 Å². The Morgan fingerprint density at radius 3 is 2.28 bits per heavy atom. The summed E-state index contributed by atoms with van der Waals surface area (Å²) < 4.78 is 38.8. The molecule has 1 amide bonds. The summed E-state index contributed by atoms with van der Waals surface area (Å²) in [4.78, 5) is 26.4. The van der Waals surface area contributed by atoms with Crippen LogP contribution in [0.3, 0.4) is 0 Å². The van der Waals surface area contributed by atoms with E-state index in [1.807, 2.05) is 0 Å². The number of hydrogen-bond donors (Lipinski definition) is 0. The zero-order chi connectivity index (χ0) is 18.8. The minimum atomic E-state index is -5.08. The average Bonchev–Trinajstić information content (AvgIpc) is 2.50. The van der Waals surface area contributed by atoms with Crippen molar-refractivity contribution in [2.24, 2.45) is 0 Å². The molecule has 0 aliphatic carbocycles. The maximum Gasteiger partial charge on any atom is 0.471 e. The lowest BCUT2D eigenvalue weighted by molar-refractivity contribution is -0.384. The molecule has 0 aliphatic rings. The standard InChI is InChI=1S/C16H14F3N3O3/c1-10-7-11(2)20-12(8-10)9-21(15(23)16(17,18)19)13-3-5-14(6-4-13)22(24)25/h3-8H,9H2,1-2H3. The number of benzene rings is 1. The molecule has 132 valence electrons. The Bertz CT molecular complexity index is 784. The maximum absolute atomic E-state index is 12.9. The number of nitro benzene ring substituents is 1. The van der Waals surface area contributed by atoms with Gasteiger partial charge in [-0.05, 0) is 43.7 Å². The van der Waals surface area contributed by atoms with Crippen molar-refractivity contribution in [2.45, 2.75) is 26.6 Å². The fourth-order valence-corrected chi connectivity index (χ4v) is 2.36. The van der Waals surface area contributed by atoms with E-state index in [9.17, 15) is 28.1 Å². The summed E-state index contributed by atoms with van der Waals surface area (Å²) in [6, 6.07) is 7.62. The van der Waals surface area contributed by atoms with Crippen LogP contribution in [0.2, 0.25) is 0 Å². The van der Waals surface area contributed by atoms with E-state index in [2.05, 4.69) is 4.98 Å². The fourth-order valence-electron chi connectivity index (χ4n) is 2.36. The maximum atomic E-state index is 12.9. The van der Waals surface area contributed by atoms with Crippen LogP contribution in [0, 0.1) is 24.0 Å². The Kier molecular flexibility index (Phi) is 5.05. The minimum absolute atomic E-state index is 0.103. The third-order valence-corrected chi connectivity index (χ3v) is 3.33. The Morgan fingerprint density at radius 2 is 1.80 bits per heavy atom. The van der Waals surface area contributed by atoms with E-state index >= 15 is 0 Å². The van der Waals surface area contributed by atoms with Crippen LogP contribution in [-0.2, 0) is 11.3 Å². The number of carbonyl (C=O) groups is 1. The monoisotopic (exact) mass is 353 g/mol. The highest BCUT2D eigenvalue weighted by Gasteiger charge is 2.43. The first kappa shape index (κ1) is 18.4. The molecule has 1 aromatic carbocycles. The van der Waals surface area contributed by atoms with Gasteiger partial charge in [0.05, 0.1) is 17.2 Å². The van der Waals surface area contributed by atoms with Crippen LogP contribution in [0.1, 0.15) is 17.0 Å². The summed E-state index contributed by atoms with van der Waals surface area (Å²) in [7, 11) is 0. The largest absolute Gasteiger partial charge is 0.471 e. The SMILES string of the molecule is Cc1cc(C)nc(CN(C(=O)C(F)(F)F)c2ccc([N+](=O)[O-])cc2)c1. The fraction of sp³-hybridized carbons (Fsp3) is 0.250. The highest BCUT2D eigenvalue weighted by molar-refractivity contribution is 5.97. The summed E-state index contributed by atoms with van der Waals surface area (Å²) in [5.41, 5.74) is 1.30. The number of hydrogen-bond acceptors (Lipinski definition) is 4. The van der Waals surface area contributed by atoms with Crippen LogP contribution in [0.4, 0.5) is 24.5 Å². The van der Waals surface area contributed by atoms with Crippen molar-refractivity contribution >= 4 is 17.3 Å². The number of alkyl halides is 3. The molecule has 0 saturated heterocycles. The first-order valence-electron chi connectivity index (χ1n) is 7.15. The van der Waals surface area contributed by atoms with E-state index in [0.717, 1.165) is 29.8 Å². The molecule has 0 fully saturated rings. The van der Waals surface area contributed by atoms with Crippen LogP contribution in [0.5, 0.6) is 0 Å². The Labute approximate surface area is 141 Å². The van der Waals surface area contributed by atoms with Gasteiger partial charge in [-0.2, -0.15) is 13.2 Å². The number of pyridine rings is 1. The predicted octanol–water partition coefficient (Wildman–Crippen LogP) is 3.70. The molecule has 2 rings (SSSR count). The van der Waals surface area contributed by atoms with Crippen molar-refractivity contribution in [3.8, 4) is 0 Å². The van der Waals surface area contributed by atoms with Gasteiger partial charge in [0.2, 0.25) is 0 Å². The molecule has 25 heavy (non-hydrogen) atoms. The second-order valence-electron chi connectivity index (χ2n) is 5.44.